The van der Waals surface area contributed by atoms with E-state index in [2.05, 4.69) is 24.0 Å². The van der Waals surface area contributed by atoms with Crippen LogP contribution in [0, 0.1) is 11.8 Å². The van der Waals surface area contributed by atoms with Crippen LogP contribution in [0.15, 0.2) is 54.6 Å². The third-order valence-electron chi connectivity index (χ3n) is 2.97. The van der Waals surface area contributed by atoms with Crippen LogP contribution < -0.4 is 5.73 Å². The predicted molar refractivity (Wildman–Crippen MR) is 81.0 cm³/mol. The number of carbonyl (C=O) groups excluding carboxylic acids is 1. The third-order valence-corrected chi connectivity index (χ3v) is 2.97. The first kappa shape index (κ1) is 13.9. The SMILES string of the molecule is NC(=O)CCCc1ccc(C#Cc2ccccc2)cc1. The zero-order valence-electron chi connectivity index (χ0n) is 11.3. The van der Waals surface area contributed by atoms with Crippen molar-refractivity contribution in [3.63, 3.8) is 0 Å². The molecule has 1 amide bonds. The molecule has 100 valence electrons. The molecule has 2 aromatic rings. The van der Waals surface area contributed by atoms with E-state index >= 15 is 0 Å². The van der Waals surface area contributed by atoms with Crippen molar-refractivity contribution in [2.75, 3.05) is 0 Å². The average Bonchev–Trinajstić information content (AvgIpc) is 2.47. The minimum Gasteiger partial charge on any atom is -0.370 e. The Labute approximate surface area is 119 Å². The van der Waals surface area contributed by atoms with Gasteiger partial charge in [0.05, 0.1) is 0 Å². The van der Waals surface area contributed by atoms with Crippen molar-refractivity contribution in [3.05, 3.63) is 71.3 Å². The summed E-state index contributed by atoms with van der Waals surface area (Å²) in [5.41, 5.74) is 8.33. The smallest absolute Gasteiger partial charge is 0.217 e. The van der Waals surface area contributed by atoms with Crippen LogP contribution in [-0.2, 0) is 11.2 Å². The number of aryl methyl sites for hydroxylation is 1. The molecule has 0 fully saturated rings. The molecule has 0 bridgehead atoms. The molecule has 20 heavy (non-hydrogen) atoms. The van der Waals surface area contributed by atoms with E-state index in [1.54, 1.807) is 0 Å². The maximum absolute atomic E-state index is 10.7. The maximum Gasteiger partial charge on any atom is 0.217 e. The van der Waals surface area contributed by atoms with Crippen LogP contribution in [-0.4, -0.2) is 5.91 Å². The summed E-state index contributed by atoms with van der Waals surface area (Å²) in [7, 11) is 0. The molecule has 2 rings (SSSR count). The van der Waals surface area contributed by atoms with Crippen molar-refractivity contribution >= 4 is 5.91 Å². The van der Waals surface area contributed by atoms with Crippen LogP contribution in [0.4, 0.5) is 0 Å². The van der Waals surface area contributed by atoms with Crippen molar-refractivity contribution in [1.29, 1.82) is 0 Å². The normalized spacial score (nSPS) is 9.60. The summed E-state index contributed by atoms with van der Waals surface area (Å²) >= 11 is 0. The van der Waals surface area contributed by atoms with Gasteiger partial charge in [0.2, 0.25) is 5.91 Å². The Morgan fingerprint density at radius 1 is 0.900 bits per heavy atom. The highest BCUT2D eigenvalue weighted by Gasteiger charge is 1.97. The topological polar surface area (TPSA) is 43.1 Å². The standard InChI is InChI=1S/C18H17NO/c19-18(20)8-4-7-16-10-13-17(14-11-16)12-9-15-5-2-1-3-6-15/h1-3,5-6,10-11,13-14H,4,7-8H2,(H2,19,20). The second-order valence-electron chi connectivity index (χ2n) is 4.63. The lowest BCUT2D eigenvalue weighted by Crippen LogP contribution is -2.10. The van der Waals surface area contributed by atoms with Gasteiger partial charge in [-0.05, 0) is 42.7 Å². The molecule has 0 saturated carbocycles. The molecule has 0 unspecified atom stereocenters. The molecule has 0 aliphatic heterocycles. The van der Waals surface area contributed by atoms with Crippen LogP contribution in [0.1, 0.15) is 29.5 Å². The predicted octanol–water partition coefficient (Wildman–Crippen LogP) is 2.89. The van der Waals surface area contributed by atoms with Crippen molar-refractivity contribution in [3.8, 4) is 11.8 Å². The summed E-state index contributed by atoms with van der Waals surface area (Å²) in [5, 5.41) is 0. The van der Waals surface area contributed by atoms with Gasteiger partial charge in [-0.2, -0.15) is 0 Å². The summed E-state index contributed by atoms with van der Waals surface area (Å²) in [6.07, 6.45) is 2.11. The lowest BCUT2D eigenvalue weighted by molar-refractivity contribution is -0.118. The lowest BCUT2D eigenvalue weighted by atomic mass is 10.1. The van der Waals surface area contributed by atoms with Gasteiger partial charge in [-0.15, -0.1) is 0 Å². The second-order valence-corrected chi connectivity index (χ2v) is 4.63. The number of carbonyl (C=O) groups is 1. The van der Waals surface area contributed by atoms with Gasteiger partial charge in [-0.3, -0.25) is 4.79 Å². The largest absolute Gasteiger partial charge is 0.370 e. The zero-order valence-corrected chi connectivity index (χ0v) is 11.3. The number of amides is 1. The Morgan fingerprint density at radius 2 is 1.50 bits per heavy atom. The Balaban J connectivity index is 1.95. The summed E-state index contributed by atoms with van der Waals surface area (Å²) in [4.78, 5) is 10.7. The number of rotatable bonds is 4. The molecule has 0 atom stereocenters. The number of benzene rings is 2. The van der Waals surface area contributed by atoms with E-state index in [0.29, 0.717) is 6.42 Å². The average molecular weight is 263 g/mol. The van der Waals surface area contributed by atoms with E-state index in [1.807, 2.05) is 42.5 Å². The van der Waals surface area contributed by atoms with Gasteiger partial charge in [0.25, 0.3) is 0 Å². The molecule has 0 aliphatic carbocycles. The lowest BCUT2D eigenvalue weighted by Gasteiger charge is -2.00. The summed E-state index contributed by atoms with van der Waals surface area (Å²) < 4.78 is 0. The van der Waals surface area contributed by atoms with E-state index < -0.39 is 0 Å². The molecule has 0 heterocycles. The van der Waals surface area contributed by atoms with Gasteiger partial charge < -0.3 is 5.73 Å². The molecule has 0 aliphatic rings. The van der Waals surface area contributed by atoms with Gasteiger partial charge in [0.15, 0.2) is 0 Å². The van der Waals surface area contributed by atoms with E-state index in [1.165, 1.54) is 5.56 Å². The summed E-state index contributed by atoms with van der Waals surface area (Å²) in [6, 6.07) is 18.0. The molecule has 0 saturated heterocycles. The fourth-order valence-corrected chi connectivity index (χ4v) is 1.89. The molecule has 2 aromatic carbocycles. The minimum atomic E-state index is -0.240. The van der Waals surface area contributed by atoms with Crippen LogP contribution in [0.3, 0.4) is 0 Å². The third kappa shape index (κ3) is 4.62. The fraction of sp³-hybridized carbons (Fsp3) is 0.167. The van der Waals surface area contributed by atoms with E-state index in [0.717, 1.165) is 24.0 Å². The van der Waals surface area contributed by atoms with Gasteiger partial charge in [-0.25, -0.2) is 0 Å². The zero-order chi connectivity index (χ0) is 14.2. The summed E-state index contributed by atoms with van der Waals surface area (Å²) in [5.74, 6) is 6.03. The highest BCUT2D eigenvalue weighted by atomic mass is 16.1. The number of hydrogen-bond donors (Lipinski definition) is 1. The van der Waals surface area contributed by atoms with Crippen LogP contribution >= 0.6 is 0 Å². The van der Waals surface area contributed by atoms with Gasteiger partial charge >= 0.3 is 0 Å². The van der Waals surface area contributed by atoms with Crippen LogP contribution in [0.25, 0.3) is 0 Å². The Bertz CT molecular complexity index is 618. The highest BCUT2D eigenvalue weighted by molar-refractivity contribution is 5.73. The first-order valence-electron chi connectivity index (χ1n) is 6.68. The Kier molecular flexibility index (Phi) is 4.97. The quantitative estimate of drug-likeness (QED) is 0.847. The summed E-state index contributed by atoms with van der Waals surface area (Å²) in [6.45, 7) is 0. The van der Waals surface area contributed by atoms with Crippen molar-refractivity contribution in [2.45, 2.75) is 19.3 Å². The Morgan fingerprint density at radius 3 is 2.10 bits per heavy atom. The van der Waals surface area contributed by atoms with E-state index in [-0.39, 0.29) is 5.91 Å². The van der Waals surface area contributed by atoms with Crippen molar-refractivity contribution in [2.24, 2.45) is 5.73 Å². The van der Waals surface area contributed by atoms with E-state index in [9.17, 15) is 4.79 Å². The second kappa shape index (κ2) is 7.16. The number of nitrogens with two attached hydrogens (primary N) is 1. The first-order chi connectivity index (χ1) is 9.74. The molecule has 2 nitrogen and oxygen atoms in total. The molecular formula is C18H17NO. The molecule has 0 radical (unpaired) electrons. The fourth-order valence-electron chi connectivity index (χ4n) is 1.89. The molecule has 2 N–H and O–H groups in total. The van der Waals surface area contributed by atoms with Gasteiger partial charge in [0, 0.05) is 17.5 Å². The monoisotopic (exact) mass is 263 g/mol. The van der Waals surface area contributed by atoms with E-state index in [4.69, 9.17) is 5.73 Å². The first-order valence-corrected chi connectivity index (χ1v) is 6.68. The van der Waals surface area contributed by atoms with Crippen LogP contribution in [0.2, 0.25) is 0 Å². The Hall–Kier alpha value is -2.53. The molecule has 0 spiro atoms. The molecule has 2 heteroatoms. The number of primary amides is 1. The molecular weight excluding hydrogens is 246 g/mol. The number of hydrogen-bond acceptors (Lipinski definition) is 1. The van der Waals surface area contributed by atoms with Crippen LogP contribution in [0.5, 0.6) is 0 Å². The minimum absolute atomic E-state index is 0.240. The van der Waals surface area contributed by atoms with Gasteiger partial charge in [0.1, 0.15) is 0 Å². The highest BCUT2D eigenvalue weighted by Crippen LogP contribution is 2.07. The van der Waals surface area contributed by atoms with Crippen molar-refractivity contribution < 1.29 is 4.79 Å². The van der Waals surface area contributed by atoms with Crippen molar-refractivity contribution in [1.82, 2.24) is 0 Å². The maximum atomic E-state index is 10.7. The molecule has 0 aromatic heterocycles. The van der Waals surface area contributed by atoms with Gasteiger partial charge in [-0.1, -0.05) is 42.2 Å².